The van der Waals surface area contributed by atoms with Gasteiger partial charge in [0.15, 0.2) is 0 Å². The smallest absolute Gasteiger partial charge is 0.227 e. The average Bonchev–Trinajstić information content (AvgIpc) is 3.07. The predicted molar refractivity (Wildman–Crippen MR) is 78.5 cm³/mol. The fourth-order valence-electron chi connectivity index (χ4n) is 3.93. The van der Waals surface area contributed by atoms with Crippen molar-refractivity contribution in [1.82, 2.24) is 9.80 Å². The number of hydrogen-bond donors (Lipinski definition) is 1. The maximum Gasteiger partial charge on any atom is 0.227 e. The molecule has 2 heterocycles. The van der Waals surface area contributed by atoms with Gasteiger partial charge in [0.2, 0.25) is 11.8 Å². The van der Waals surface area contributed by atoms with Crippen molar-refractivity contribution in [2.45, 2.75) is 63.5 Å². The van der Waals surface area contributed by atoms with E-state index in [1.807, 2.05) is 16.7 Å². The fraction of sp³-hybridized carbons (Fsp3) is 0.875. The van der Waals surface area contributed by atoms with Crippen LogP contribution in [0.2, 0.25) is 0 Å². The molecule has 3 aliphatic rings. The van der Waals surface area contributed by atoms with E-state index in [1.54, 1.807) is 0 Å². The molecule has 1 aliphatic carbocycles. The highest BCUT2D eigenvalue weighted by Gasteiger charge is 2.41. The number of piperidine rings is 1. The first-order chi connectivity index (χ1) is 9.96. The summed E-state index contributed by atoms with van der Waals surface area (Å²) in [6.45, 7) is 3.66. The summed E-state index contributed by atoms with van der Waals surface area (Å²) in [6.07, 6.45) is 6.24. The van der Waals surface area contributed by atoms with Crippen molar-refractivity contribution < 1.29 is 14.7 Å². The van der Waals surface area contributed by atoms with E-state index in [9.17, 15) is 14.7 Å². The summed E-state index contributed by atoms with van der Waals surface area (Å²) in [5.74, 6) is 0.102. The van der Waals surface area contributed by atoms with Crippen molar-refractivity contribution >= 4 is 11.8 Å². The molecule has 2 aliphatic heterocycles. The van der Waals surface area contributed by atoms with Crippen LogP contribution in [-0.4, -0.2) is 58.0 Å². The zero-order valence-electron chi connectivity index (χ0n) is 12.9. The van der Waals surface area contributed by atoms with Crippen molar-refractivity contribution in [3.8, 4) is 0 Å². The molecule has 0 bridgehead atoms. The molecular weight excluding hydrogens is 268 g/mol. The van der Waals surface area contributed by atoms with Crippen LogP contribution < -0.4 is 0 Å². The average molecular weight is 294 g/mol. The number of rotatable bonds is 2. The van der Waals surface area contributed by atoms with Crippen LogP contribution in [0.25, 0.3) is 0 Å². The van der Waals surface area contributed by atoms with E-state index in [0.29, 0.717) is 44.9 Å². The molecule has 5 nitrogen and oxygen atoms in total. The molecule has 0 aromatic heterocycles. The van der Waals surface area contributed by atoms with E-state index < -0.39 is 5.60 Å². The first kappa shape index (κ1) is 14.8. The first-order valence-corrected chi connectivity index (χ1v) is 8.27. The Morgan fingerprint density at radius 1 is 1.24 bits per heavy atom. The van der Waals surface area contributed by atoms with Crippen molar-refractivity contribution in [3.05, 3.63) is 0 Å². The SMILES string of the molecule is CC1(O)CCN(C(=O)C2CC(=O)N(C3CCCC3)C2)CC1. The lowest BCUT2D eigenvalue weighted by molar-refractivity contribution is -0.139. The molecule has 0 radical (unpaired) electrons. The highest BCUT2D eigenvalue weighted by atomic mass is 16.3. The maximum absolute atomic E-state index is 12.6. The topological polar surface area (TPSA) is 60.9 Å². The Bertz CT molecular complexity index is 419. The van der Waals surface area contributed by atoms with E-state index in [1.165, 1.54) is 12.8 Å². The summed E-state index contributed by atoms with van der Waals surface area (Å²) in [5.41, 5.74) is -0.641. The van der Waals surface area contributed by atoms with Gasteiger partial charge in [-0.1, -0.05) is 12.8 Å². The second-order valence-electron chi connectivity index (χ2n) is 7.21. The summed E-state index contributed by atoms with van der Waals surface area (Å²) in [5, 5.41) is 9.97. The molecule has 21 heavy (non-hydrogen) atoms. The first-order valence-electron chi connectivity index (χ1n) is 8.27. The number of likely N-dealkylation sites (tertiary alicyclic amines) is 2. The summed E-state index contributed by atoms with van der Waals surface area (Å²) < 4.78 is 0. The molecule has 1 N–H and O–H groups in total. The second kappa shape index (κ2) is 5.59. The molecule has 1 atom stereocenters. The summed E-state index contributed by atoms with van der Waals surface area (Å²) in [6, 6.07) is 0.373. The summed E-state index contributed by atoms with van der Waals surface area (Å²) >= 11 is 0. The number of hydrogen-bond acceptors (Lipinski definition) is 3. The molecule has 0 aromatic carbocycles. The van der Waals surface area contributed by atoms with Crippen LogP contribution in [0.4, 0.5) is 0 Å². The molecule has 3 rings (SSSR count). The second-order valence-corrected chi connectivity index (χ2v) is 7.21. The largest absolute Gasteiger partial charge is 0.390 e. The van der Waals surface area contributed by atoms with E-state index in [4.69, 9.17) is 0 Å². The Hall–Kier alpha value is -1.10. The van der Waals surface area contributed by atoms with Gasteiger partial charge in [-0.3, -0.25) is 9.59 Å². The molecule has 1 saturated carbocycles. The quantitative estimate of drug-likeness (QED) is 0.831. The van der Waals surface area contributed by atoms with E-state index in [2.05, 4.69) is 0 Å². The lowest BCUT2D eigenvalue weighted by Gasteiger charge is -2.37. The number of carbonyl (C=O) groups excluding carboxylic acids is 2. The summed E-state index contributed by atoms with van der Waals surface area (Å²) in [4.78, 5) is 28.6. The van der Waals surface area contributed by atoms with Crippen molar-refractivity contribution in [3.63, 3.8) is 0 Å². The van der Waals surface area contributed by atoms with Crippen LogP contribution in [-0.2, 0) is 9.59 Å². The van der Waals surface area contributed by atoms with Gasteiger partial charge >= 0.3 is 0 Å². The minimum absolute atomic E-state index is 0.111. The monoisotopic (exact) mass is 294 g/mol. The molecule has 1 unspecified atom stereocenters. The molecule has 118 valence electrons. The standard InChI is InChI=1S/C16H26N2O3/c1-16(21)6-8-17(9-7-16)15(20)12-10-14(19)18(11-12)13-4-2-3-5-13/h12-13,21H,2-11H2,1H3. The van der Waals surface area contributed by atoms with Crippen molar-refractivity contribution in [2.75, 3.05) is 19.6 Å². The van der Waals surface area contributed by atoms with Gasteiger partial charge < -0.3 is 14.9 Å². The maximum atomic E-state index is 12.6. The molecule has 0 aromatic rings. The number of amides is 2. The lowest BCUT2D eigenvalue weighted by Crippen LogP contribution is -2.47. The van der Waals surface area contributed by atoms with Crippen LogP contribution in [0, 0.1) is 5.92 Å². The van der Waals surface area contributed by atoms with Gasteiger partial charge in [0.25, 0.3) is 0 Å². The highest BCUT2D eigenvalue weighted by molar-refractivity contribution is 5.89. The van der Waals surface area contributed by atoms with Crippen LogP contribution in [0.1, 0.15) is 51.9 Å². The molecule has 2 saturated heterocycles. The third-order valence-electron chi connectivity index (χ3n) is 5.43. The van der Waals surface area contributed by atoms with Crippen molar-refractivity contribution in [2.24, 2.45) is 5.92 Å². The van der Waals surface area contributed by atoms with Crippen LogP contribution >= 0.6 is 0 Å². The lowest BCUT2D eigenvalue weighted by atomic mass is 9.93. The Kier molecular flexibility index (Phi) is 3.95. The van der Waals surface area contributed by atoms with Crippen LogP contribution in [0.15, 0.2) is 0 Å². The Morgan fingerprint density at radius 3 is 2.48 bits per heavy atom. The number of aliphatic hydroxyl groups is 1. The van der Waals surface area contributed by atoms with Gasteiger partial charge in [0.05, 0.1) is 11.5 Å². The summed E-state index contributed by atoms with van der Waals surface area (Å²) in [7, 11) is 0. The van der Waals surface area contributed by atoms with Gasteiger partial charge in [-0.05, 0) is 32.6 Å². The van der Waals surface area contributed by atoms with Gasteiger partial charge in [0, 0.05) is 32.1 Å². The molecule has 0 spiro atoms. The minimum Gasteiger partial charge on any atom is -0.390 e. The minimum atomic E-state index is -0.641. The molecular formula is C16H26N2O3. The van der Waals surface area contributed by atoms with E-state index in [0.717, 1.165) is 12.8 Å². The molecule has 5 heteroatoms. The third kappa shape index (κ3) is 3.07. The number of nitrogens with zero attached hydrogens (tertiary/aromatic N) is 2. The van der Waals surface area contributed by atoms with E-state index in [-0.39, 0.29) is 17.7 Å². The highest BCUT2D eigenvalue weighted by Crippen LogP contribution is 2.31. The normalized spacial score (nSPS) is 30.2. The molecule has 2 amide bonds. The predicted octanol–water partition coefficient (Wildman–Crippen LogP) is 1.15. The van der Waals surface area contributed by atoms with Gasteiger partial charge in [-0.25, -0.2) is 0 Å². The molecule has 3 fully saturated rings. The van der Waals surface area contributed by atoms with Gasteiger partial charge in [-0.15, -0.1) is 0 Å². The van der Waals surface area contributed by atoms with Crippen LogP contribution in [0.5, 0.6) is 0 Å². The van der Waals surface area contributed by atoms with E-state index >= 15 is 0 Å². The van der Waals surface area contributed by atoms with Crippen molar-refractivity contribution in [1.29, 1.82) is 0 Å². The fourth-order valence-corrected chi connectivity index (χ4v) is 3.93. The van der Waals surface area contributed by atoms with Gasteiger partial charge in [-0.2, -0.15) is 0 Å². The zero-order chi connectivity index (χ0) is 15.0. The van der Waals surface area contributed by atoms with Crippen LogP contribution in [0.3, 0.4) is 0 Å². The third-order valence-corrected chi connectivity index (χ3v) is 5.43. The zero-order valence-corrected chi connectivity index (χ0v) is 12.9. The Balaban J connectivity index is 1.57. The van der Waals surface area contributed by atoms with Gasteiger partial charge in [0.1, 0.15) is 0 Å². The Morgan fingerprint density at radius 2 is 1.86 bits per heavy atom. The Labute approximate surface area is 126 Å². The number of carbonyl (C=O) groups is 2.